The van der Waals surface area contributed by atoms with E-state index in [0.29, 0.717) is 12.3 Å². The van der Waals surface area contributed by atoms with Crippen LogP contribution in [-0.2, 0) is 9.53 Å². The molecule has 11 heavy (non-hydrogen) atoms. The molecule has 0 rings (SSSR count). The van der Waals surface area contributed by atoms with Crippen molar-refractivity contribution in [2.24, 2.45) is 0 Å². The highest BCUT2D eigenvalue weighted by atomic mass is 16.5. The number of methoxy groups -OCH3 is 1. The van der Waals surface area contributed by atoms with Crippen LogP contribution >= 0.6 is 0 Å². The Labute approximate surface area is 66.6 Å². The van der Waals surface area contributed by atoms with Gasteiger partial charge in [-0.15, -0.1) is 0 Å². The number of esters is 1. The fourth-order valence-electron chi connectivity index (χ4n) is 0.684. The van der Waals surface area contributed by atoms with E-state index in [9.17, 15) is 4.79 Å². The summed E-state index contributed by atoms with van der Waals surface area (Å²) in [4.78, 5) is 12.5. The number of rotatable bonds is 4. The summed E-state index contributed by atoms with van der Waals surface area (Å²) in [5.41, 5.74) is 0.377. The van der Waals surface area contributed by atoms with Gasteiger partial charge in [0, 0.05) is 12.3 Å². The second-order valence-corrected chi connectivity index (χ2v) is 2.59. The number of nitrogens with one attached hydrogen (secondary N) is 1. The van der Waals surface area contributed by atoms with Crippen LogP contribution in [0.2, 0.25) is 0 Å². The molecular formula is C7H14N2O2. The molecule has 0 spiro atoms. The topological polar surface area (TPSA) is 53.4 Å². The molecule has 0 aromatic rings. The van der Waals surface area contributed by atoms with Gasteiger partial charge in [-0.1, -0.05) is 0 Å². The molecule has 0 heterocycles. The summed E-state index contributed by atoms with van der Waals surface area (Å²) in [6, 6.07) is 0. The summed E-state index contributed by atoms with van der Waals surface area (Å²) >= 11 is 0. The smallest absolute Gasteiger partial charge is 0.311 e. The average molecular weight is 158 g/mol. The van der Waals surface area contributed by atoms with E-state index in [4.69, 9.17) is 5.41 Å². The molecular weight excluding hydrogens is 144 g/mol. The molecule has 4 heteroatoms. The lowest BCUT2D eigenvalue weighted by Gasteiger charge is -2.08. The maximum atomic E-state index is 10.6. The SMILES string of the molecule is COC(=O)CC(=N)CN(C)C. The zero-order valence-corrected chi connectivity index (χ0v) is 7.18. The first-order valence-corrected chi connectivity index (χ1v) is 3.34. The Balaban J connectivity index is 3.61. The van der Waals surface area contributed by atoms with Crippen molar-refractivity contribution >= 4 is 11.7 Å². The minimum absolute atomic E-state index is 0.0919. The second-order valence-electron chi connectivity index (χ2n) is 2.59. The van der Waals surface area contributed by atoms with Crippen molar-refractivity contribution in [1.82, 2.24) is 4.90 Å². The van der Waals surface area contributed by atoms with E-state index in [1.54, 1.807) is 0 Å². The van der Waals surface area contributed by atoms with Gasteiger partial charge in [0.25, 0.3) is 0 Å². The molecule has 1 N–H and O–H groups in total. The molecule has 0 aliphatic carbocycles. The lowest BCUT2D eigenvalue weighted by Crippen LogP contribution is -2.23. The van der Waals surface area contributed by atoms with Crippen LogP contribution in [-0.4, -0.2) is 44.3 Å². The Hall–Kier alpha value is -0.900. The predicted octanol–water partition coefficient (Wildman–Crippen LogP) is 0.131. The number of carbonyl (C=O) groups is 1. The van der Waals surface area contributed by atoms with Gasteiger partial charge < -0.3 is 15.0 Å². The van der Waals surface area contributed by atoms with Crippen molar-refractivity contribution in [3.05, 3.63) is 0 Å². The Morgan fingerprint density at radius 3 is 2.45 bits per heavy atom. The molecule has 0 amide bonds. The molecule has 0 aliphatic rings. The summed E-state index contributed by atoms with van der Waals surface area (Å²) in [6.07, 6.45) is 0.0919. The maximum Gasteiger partial charge on any atom is 0.311 e. The summed E-state index contributed by atoms with van der Waals surface area (Å²) in [6.45, 7) is 0.509. The van der Waals surface area contributed by atoms with Gasteiger partial charge in [0.2, 0.25) is 0 Å². The van der Waals surface area contributed by atoms with E-state index >= 15 is 0 Å². The molecule has 0 radical (unpaired) electrons. The van der Waals surface area contributed by atoms with E-state index in [2.05, 4.69) is 4.74 Å². The summed E-state index contributed by atoms with van der Waals surface area (Å²) in [5, 5.41) is 7.31. The molecule has 64 valence electrons. The number of carbonyl (C=O) groups excluding carboxylic acids is 1. The number of nitrogens with zero attached hydrogens (tertiary/aromatic N) is 1. The monoisotopic (exact) mass is 158 g/mol. The quantitative estimate of drug-likeness (QED) is 0.467. The molecule has 0 aromatic carbocycles. The van der Waals surface area contributed by atoms with Gasteiger partial charge in [-0.25, -0.2) is 0 Å². The van der Waals surface area contributed by atoms with Crippen molar-refractivity contribution in [1.29, 1.82) is 5.41 Å². The fourth-order valence-corrected chi connectivity index (χ4v) is 0.684. The first-order chi connectivity index (χ1) is 5.06. The maximum absolute atomic E-state index is 10.6. The van der Waals surface area contributed by atoms with Crippen molar-refractivity contribution in [3.63, 3.8) is 0 Å². The number of hydrogen-bond donors (Lipinski definition) is 1. The van der Waals surface area contributed by atoms with E-state index in [1.165, 1.54) is 7.11 Å². The van der Waals surface area contributed by atoms with Crippen LogP contribution in [0.1, 0.15) is 6.42 Å². The minimum atomic E-state index is -0.350. The Kier molecular flexibility index (Phi) is 4.45. The highest BCUT2D eigenvalue weighted by Gasteiger charge is 2.05. The number of ether oxygens (including phenoxy) is 1. The van der Waals surface area contributed by atoms with Crippen LogP contribution in [0, 0.1) is 5.41 Å². The molecule has 0 atom stereocenters. The first-order valence-electron chi connectivity index (χ1n) is 3.34. The van der Waals surface area contributed by atoms with Gasteiger partial charge in [0.15, 0.2) is 0 Å². The van der Waals surface area contributed by atoms with Gasteiger partial charge in [-0.3, -0.25) is 4.79 Å². The molecule has 0 saturated carbocycles. The first kappa shape index (κ1) is 10.1. The van der Waals surface area contributed by atoms with E-state index in [0.717, 1.165) is 0 Å². The minimum Gasteiger partial charge on any atom is -0.469 e. The largest absolute Gasteiger partial charge is 0.469 e. The van der Waals surface area contributed by atoms with E-state index < -0.39 is 0 Å². The molecule has 0 bridgehead atoms. The van der Waals surface area contributed by atoms with Crippen molar-refractivity contribution in [2.45, 2.75) is 6.42 Å². The predicted molar refractivity (Wildman–Crippen MR) is 42.9 cm³/mol. The molecule has 0 aliphatic heterocycles. The van der Waals surface area contributed by atoms with Crippen LogP contribution in [0.5, 0.6) is 0 Å². The zero-order valence-electron chi connectivity index (χ0n) is 7.18. The highest BCUT2D eigenvalue weighted by molar-refractivity contribution is 5.98. The summed E-state index contributed by atoms with van der Waals surface area (Å²) < 4.78 is 4.40. The van der Waals surface area contributed by atoms with E-state index in [-0.39, 0.29) is 12.4 Å². The normalized spacial score (nSPS) is 9.82. The van der Waals surface area contributed by atoms with Gasteiger partial charge in [-0.05, 0) is 14.1 Å². The van der Waals surface area contributed by atoms with Crippen LogP contribution in [0.15, 0.2) is 0 Å². The number of hydrogen-bond acceptors (Lipinski definition) is 4. The van der Waals surface area contributed by atoms with Crippen LogP contribution in [0.25, 0.3) is 0 Å². The summed E-state index contributed by atoms with van der Waals surface area (Å²) in [7, 11) is 5.03. The van der Waals surface area contributed by atoms with Gasteiger partial charge in [0.05, 0.1) is 13.5 Å². The van der Waals surface area contributed by atoms with Crippen LogP contribution in [0.3, 0.4) is 0 Å². The van der Waals surface area contributed by atoms with Gasteiger partial charge in [0.1, 0.15) is 0 Å². The summed E-state index contributed by atoms with van der Waals surface area (Å²) in [5.74, 6) is -0.350. The molecule has 4 nitrogen and oxygen atoms in total. The fraction of sp³-hybridized carbons (Fsp3) is 0.714. The Morgan fingerprint density at radius 1 is 1.55 bits per heavy atom. The third-order valence-corrected chi connectivity index (χ3v) is 1.09. The highest BCUT2D eigenvalue weighted by Crippen LogP contribution is 1.88. The third kappa shape index (κ3) is 5.54. The van der Waals surface area contributed by atoms with Crippen molar-refractivity contribution in [3.8, 4) is 0 Å². The Bertz CT molecular complexity index is 155. The molecule has 0 aromatic heterocycles. The lowest BCUT2D eigenvalue weighted by molar-refractivity contribution is -0.139. The van der Waals surface area contributed by atoms with Crippen LogP contribution < -0.4 is 0 Å². The van der Waals surface area contributed by atoms with Crippen molar-refractivity contribution < 1.29 is 9.53 Å². The van der Waals surface area contributed by atoms with Gasteiger partial charge >= 0.3 is 5.97 Å². The Morgan fingerprint density at radius 2 is 2.09 bits per heavy atom. The zero-order chi connectivity index (χ0) is 8.85. The molecule has 0 unspecified atom stereocenters. The van der Waals surface area contributed by atoms with Crippen LogP contribution in [0.4, 0.5) is 0 Å². The van der Waals surface area contributed by atoms with E-state index in [1.807, 2.05) is 19.0 Å². The molecule has 0 fully saturated rings. The van der Waals surface area contributed by atoms with Gasteiger partial charge in [-0.2, -0.15) is 0 Å². The lowest BCUT2D eigenvalue weighted by atomic mass is 10.2. The molecule has 0 saturated heterocycles. The average Bonchev–Trinajstić information content (AvgIpc) is 1.85. The third-order valence-electron chi connectivity index (χ3n) is 1.09. The standard InChI is InChI=1S/C7H14N2O2/c1-9(2)5-6(8)4-7(10)11-3/h8H,4-5H2,1-3H3. The van der Waals surface area contributed by atoms with Crippen molar-refractivity contribution in [2.75, 3.05) is 27.7 Å². The second kappa shape index (κ2) is 4.85.